The van der Waals surface area contributed by atoms with Crippen molar-refractivity contribution in [2.24, 2.45) is 11.7 Å². The number of nitrogens with zero attached hydrogens (tertiary/aromatic N) is 2. The van der Waals surface area contributed by atoms with Crippen LogP contribution in [0, 0.1) is 5.92 Å². The lowest BCUT2D eigenvalue weighted by molar-refractivity contribution is -0.135. The zero-order valence-corrected chi connectivity index (χ0v) is 16.4. The summed E-state index contributed by atoms with van der Waals surface area (Å²) in [5.41, 5.74) is 8.76. The summed E-state index contributed by atoms with van der Waals surface area (Å²) < 4.78 is 0. The number of carbonyl (C=O) groups excluding carboxylic acids is 1. The van der Waals surface area contributed by atoms with E-state index in [0.717, 1.165) is 32.6 Å². The summed E-state index contributed by atoms with van der Waals surface area (Å²) in [7, 11) is 0. The fourth-order valence-corrected chi connectivity index (χ4v) is 3.79. The average Bonchev–Trinajstić information content (AvgIpc) is 2.74. The topological polar surface area (TPSA) is 49.6 Å². The van der Waals surface area contributed by atoms with Gasteiger partial charge in [-0.3, -0.25) is 9.69 Å². The van der Waals surface area contributed by atoms with Crippen LogP contribution in [0.5, 0.6) is 0 Å². The second-order valence-corrected chi connectivity index (χ2v) is 7.50. The van der Waals surface area contributed by atoms with Crippen molar-refractivity contribution in [3.63, 3.8) is 0 Å². The van der Waals surface area contributed by atoms with Crippen LogP contribution in [-0.2, 0) is 4.79 Å². The second kappa shape index (κ2) is 9.16. The van der Waals surface area contributed by atoms with Gasteiger partial charge in [-0.25, -0.2) is 0 Å². The minimum Gasteiger partial charge on any atom is -0.339 e. The maximum Gasteiger partial charge on any atom is 0.239 e. The molecular weight excluding hydrogens is 334 g/mol. The largest absolute Gasteiger partial charge is 0.339 e. The normalized spacial score (nSPS) is 17.7. The Hall–Kier alpha value is -2.17. The molecule has 1 heterocycles. The number of hydrogen-bond donors (Lipinski definition) is 1. The van der Waals surface area contributed by atoms with Crippen LogP contribution in [-0.4, -0.2) is 47.9 Å². The van der Waals surface area contributed by atoms with Gasteiger partial charge in [0.25, 0.3) is 0 Å². The standard InChI is InChI=1S/C23H31N3O/c1-3-18(2)21(24)23(27)26-16-14-25(15-17-26)22(19-10-6-4-7-11-19)20-12-8-5-9-13-20/h4-13,18,21-22H,3,14-17,24H2,1-2H3. The molecule has 2 aromatic carbocycles. The number of amides is 1. The molecule has 0 spiro atoms. The van der Waals surface area contributed by atoms with E-state index < -0.39 is 0 Å². The van der Waals surface area contributed by atoms with E-state index in [0.29, 0.717) is 0 Å². The Balaban J connectivity index is 1.73. The van der Waals surface area contributed by atoms with Crippen LogP contribution in [0.25, 0.3) is 0 Å². The molecule has 1 aliphatic heterocycles. The highest BCUT2D eigenvalue weighted by Gasteiger charge is 2.31. The molecule has 2 unspecified atom stereocenters. The molecular formula is C23H31N3O. The Morgan fingerprint density at radius 2 is 1.41 bits per heavy atom. The zero-order valence-electron chi connectivity index (χ0n) is 16.4. The van der Waals surface area contributed by atoms with E-state index in [1.165, 1.54) is 11.1 Å². The molecule has 0 bridgehead atoms. The van der Waals surface area contributed by atoms with E-state index in [9.17, 15) is 4.79 Å². The molecule has 4 heteroatoms. The van der Waals surface area contributed by atoms with Gasteiger partial charge >= 0.3 is 0 Å². The molecule has 2 atom stereocenters. The molecule has 2 aromatic rings. The smallest absolute Gasteiger partial charge is 0.239 e. The van der Waals surface area contributed by atoms with Gasteiger partial charge in [0.05, 0.1) is 12.1 Å². The molecule has 2 N–H and O–H groups in total. The highest BCUT2D eigenvalue weighted by molar-refractivity contribution is 5.82. The minimum atomic E-state index is -0.388. The summed E-state index contributed by atoms with van der Waals surface area (Å²) in [6.45, 7) is 7.32. The third kappa shape index (κ3) is 4.57. The van der Waals surface area contributed by atoms with Gasteiger partial charge in [0.15, 0.2) is 0 Å². The first-order chi connectivity index (χ1) is 13.1. The predicted molar refractivity (Wildman–Crippen MR) is 110 cm³/mol. The first-order valence-electron chi connectivity index (χ1n) is 10.00. The zero-order chi connectivity index (χ0) is 19.2. The van der Waals surface area contributed by atoms with Gasteiger partial charge in [-0.1, -0.05) is 80.9 Å². The Kier molecular flexibility index (Phi) is 6.64. The lowest BCUT2D eigenvalue weighted by atomic mass is 9.96. The Bertz CT molecular complexity index is 671. The molecule has 3 rings (SSSR count). The number of hydrogen-bond acceptors (Lipinski definition) is 3. The van der Waals surface area contributed by atoms with Gasteiger partial charge in [0.1, 0.15) is 0 Å². The number of nitrogens with two attached hydrogens (primary N) is 1. The van der Waals surface area contributed by atoms with Gasteiger partial charge in [0, 0.05) is 26.2 Å². The highest BCUT2D eigenvalue weighted by atomic mass is 16.2. The fraction of sp³-hybridized carbons (Fsp3) is 0.435. The summed E-state index contributed by atoms with van der Waals surface area (Å²) in [6, 6.07) is 21.1. The summed E-state index contributed by atoms with van der Waals surface area (Å²) in [5, 5.41) is 0. The van der Waals surface area contributed by atoms with E-state index in [2.05, 4.69) is 79.4 Å². The van der Waals surface area contributed by atoms with Gasteiger partial charge in [-0.2, -0.15) is 0 Å². The SMILES string of the molecule is CCC(C)C(N)C(=O)N1CCN(C(c2ccccc2)c2ccccc2)CC1. The molecule has 4 nitrogen and oxygen atoms in total. The Morgan fingerprint density at radius 3 is 1.85 bits per heavy atom. The molecule has 1 aliphatic rings. The molecule has 144 valence electrons. The third-order valence-corrected chi connectivity index (χ3v) is 5.76. The molecule has 0 saturated carbocycles. The van der Waals surface area contributed by atoms with Crippen molar-refractivity contribution >= 4 is 5.91 Å². The van der Waals surface area contributed by atoms with E-state index in [-0.39, 0.29) is 23.9 Å². The van der Waals surface area contributed by atoms with Crippen LogP contribution in [0.15, 0.2) is 60.7 Å². The van der Waals surface area contributed by atoms with Crippen LogP contribution >= 0.6 is 0 Å². The quantitative estimate of drug-likeness (QED) is 0.854. The van der Waals surface area contributed by atoms with Gasteiger partial charge < -0.3 is 10.6 Å². The first kappa shape index (κ1) is 19.6. The second-order valence-electron chi connectivity index (χ2n) is 7.50. The maximum atomic E-state index is 12.7. The van der Waals surface area contributed by atoms with Crippen LogP contribution in [0.2, 0.25) is 0 Å². The van der Waals surface area contributed by atoms with E-state index >= 15 is 0 Å². The lowest BCUT2D eigenvalue weighted by Gasteiger charge is -2.40. The molecule has 0 radical (unpaired) electrons. The van der Waals surface area contributed by atoms with Crippen molar-refractivity contribution in [2.75, 3.05) is 26.2 Å². The maximum absolute atomic E-state index is 12.7. The average molecular weight is 366 g/mol. The van der Waals surface area contributed by atoms with Crippen LogP contribution in [0.4, 0.5) is 0 Å². The van der Waals surface area contributed by atoms with Crippen molar-refractivity contribution in [3.05, 3.63) is 71.8 Å². The fourth-order valence-electron chi connectivity index (χ4n) is 3.79. The summed E-state index contributed by atoms with van der Waals surface area (Å²) in [5.74, 6) is 0.317. The first-order valence-corrected chi connectivity index (χ1v) is 10.00. The molecule has 1 saturated heterocycles. The molecule has 0 aromatic heterocycles. The van der Waals surface area contributed by atoms with Crippen LogP contribution < -0.4 is 5.73 Å². The van der Waals surface area contributed by atoms with E-state index in [4.69, 9.17) is 5.73 Å². The summed E-state index contributed by atoms with van der Waals surface area (Å²) in [6.07, 6.45) is 0.928. The molecule has 1 amide bonds. The summed E-state index contributed by atoms with van der Waals surface area (Å²) >= 11 is 0. The third-order valence-electron chi connectivity index (χ3n) is 5.76. The van der Waals surface area contributed by atoms with Crippen LogP contribution in [0.3, 0.4) is 0 Å². The minimum absolute atomic E-state index is 0.0972. The number of benzene rings is 2. The predicted octanol–water partition coefficient (Wildman–Crippen LogP) is 3.29. The Morgan fingerprint density at radius 1 is 0.926 bits per heavy atom. The number of carbonyl (C=O) groups is 1. The highest BCUT2D eigenvalue weighted by Crippen LogP contribution is 2.29. The summed E-state index contributed by atoms with van der Waals surface area (Å²) in [4.78, 5) is 17.1. The van der Waals surface area contributed by atoms with Crippen molar-refractivity contribution in [3.8, 4) is 0 Å². The molecule has 27 heavy (non-hydrogen) atoms. The van der Waals surface area contributed by atoms with Crippen molar-refractivity contribution in [1.29, 1.82) is 0 Å². The van der Waals surface area contributed by atoms with Crippen molar-refractivity contribution in [2.45, 2.75) is 32.4 Å². The van der Waals surface area contributed by atoms with Gasteiger partial charge in [-0.05, 0) is 17.0 Å². The molecule has 1 fully saturated rings. The van der Waals surface area contributed by atoms with E-state index in [1.807, 2.05) is 4.90 Å². The lowest BCUT2D eigenvalue weighted by Crippen LogP contribution is -2.55. The van der Waals surface area contributed by atoms with Gasteiger partial charge in [-0.15, -0.1) is 0 Å². The monoisotopic (exact) mass is 365 g/mol. The van der Waals surface area contributed by atoms with Crippen LogP contribution in [0.1, 0.15) is 37.4 Å². The number of rotatable bonds is 6. The molecule has 0 aliphatic carbocycles. The van der Waals surface area contributed by atoms with Gasteiger partial charge in [0.2, 0.25) is 5.91 Å². The van der Waals surface area contributed by atoms with Crippen molar-refractivity contribution in [1.82, 2.24) is 9.80 Å². The van der Waals surface area contributed by atoms with E-state index in [1.54, 1.807) is 0 Å². The Labute approximate surface area is 163 Å². The van der Waals surface area contributed by atoms with Crippen molar-refractivity contribution < 1.29 is 4.79 Å². The number of piperazine rings is 1.